The van der Waals surface area contributed by atoms with Gasteiger partial charge in [-0.2, -0.15) is 5.10 Å². The summed E-state index contributed by atoms with van der Waals surface area (Å²) in [5, 5.41) is 7.82. The van der Waals surface area contributed by atoms with Crippen molar-refractivity contribution in [1.82, 2.24) is 15.1 Å². The van der Waals surface area contributed by atoms with Crippen molar-refractivity contribution in [3.8, 4) is 0 Å². The summed E-state index contributed by atoms with van der Waals surface area (Å²) in [5.41, 5.74) is 0. The summed E-state index contributed by atoms with van der Waals surface area (Å²) in [7, 11) is 0. The summed E-state index contributed by atoms with van der Waals surface area (Å²) in [4.78, 5) is 0. The molecule has 0 aliphatic heterocycles. The van der Waals surface area contributed by atoms with Crippen molar-refractivity contribution in [2.75, 3.05) is 6.54 Å². The van der Waals surface area contributed by atoms with Gasteiger partial charge in [0.05, 0.1) is 0 Å². The molecule has 3 nitrogen and oxygen atoms in total. The molecule has 0 atom stereocenters. The van der Waals surface area contributed by atoms with Crippen LogP contribution in [-0.4, -0.2) is 22.4 Å². The molecule has 1 aliphatic rings. The molecule has 0 aromatic carbocycles. The molecule has 1 aliphatic carbocycles. The van der Waals surface area contributed by atoms with Crippen LogP contribution in [0.5, 0.6) is 0 Å². The third-order valence-electron chi connectivity index (χ3n) is 3.67. The summed E-state index contributed by atoms with van der Waals surface area (Å²) < 4.78 is 2.00. The average Bonchev–Trinajstić information content (AvgIpc) is 2.66. The molecule has 16 heavy (non-hydrogen) atoms. The Morgan fingerprint density at radius 3 is 2.88 bits per heavy atom. The number of hydrogen-bond acceptors (Lipinski definition) is 2. The van der Waals surface area contributed by atoms with Crippen LogP contribution in [0.25, 0.3) is 0 Å². The van der Waals surface area contributed by atoms with Crippen LogP contribution < -0.4 is 5.32 Å². The molecule has 1 aromatic rings. The first-order valence-corrected chi connectivity index (χ1v) is 6.46. The fourth-order valence-electron chi connectivity index (χ4n) is 2.35. The Morgan fingerprint density at radius 1 is 1.44 bits per heavy atom. The van der Waals surface area contributed by atoms with E-state index in [1.165, 1.54) is 19.3 Å². The van der Waals surface area contributed by atoms with Crippen molar-refractivity contribution in [1.29, 1.82) is 0 Å². The Bertz CT molecular complexity index is 286. The normalized spacial score (nSPS) is 24.7. The Hall–Kier alpha value is -0.830. The molecule has 3 heteroatoms. The van der Waals surface area contributed by atoms with Gasteiger partial charge in [-0.1, -0.05) is 13.8 Å². The third kappa shape index (κ3) is 3.08. The molecule has 0 spiro atoms. The maximum Gasteiger partial charge on any atom is 0.0489 e. The summed E-state index contributed by atoms with van der Waals surface area (Å²) >= 11 is 0. The van der Waals surface area contributed by atoms with Crippen LogP contribution >= 0.6 is 0 Å². The van der Waals surface area contributed by atoms with Crippen LogP contribution in [0.15, 0.2) is 18.5 Å². The van der Waals surface area contributed by atoms with Crippen molar-refractivity contribution in [3.05, 3.63) is 18.5 Å². The fourth-order valence-corrected chi connectivity index (χ4v) is 2.35. The van der Waals surface area contributed by atoms with Gasteiger partial charge in [0, 0.05) is 25.0 Å². The maximum atomic E-state index is 4.19. The highest BCUT2D eigenvalue weighted by Crippen LogP contribution is 2.33. The SMILES string of the molecule is CC(C)C1CC(NCCCn2cccn2)C1. The molecule has 1 N–H and O–H groups in total. The first-order chi connectivity index (χ1) is 7.75. The van der Waals surface area contributed by atoms with Gasteiger partial charge >= 0.3 is 0 Å². The van der Waals surface area contributed by atoms with E-state index in [4.69, 9.17) is 0 Å². The molecule has 1 heterocycles. The molecule has 1 saturated carbocycles. The highest BCUT2D eigenvalue weighted by Gasteiger charge is 2.30. The van der Waals surface area contributed by atoms with Crippen molar-refractivity contribution < 1.29 is 0 Å². The van der Waals surface area contributed by atoms with E-state index in [0.29, 0.717) is 0 Å². The zero-order valence-corrected chi connectivity index (χ0v) is 10.4. The number of hydrogen-bond donors (Lipinski definition) is 1. The Kier molecular flexibility index (Phi) is 3.99. The second-order valence-electron chi connectivity index (χ2n) is 5.25. The topological polar surface area (TPSA) is 29.9 Å². The molecule has 1 aromatic heterocycles. The van der Waals surface area contributed by atoms with Crippen molar-refractivity contribution in [2.45, 2.75) is 45.7 Å². The van der Waals surface area contributed by atoms with E-state index in [1.54, 1.807) is 0 Å². The third-order valence-corrected chi connectivity index (χ3v) is 3.67. The summed E-state index contributed by atoms with van der Waals surface area (Å²) in [6.07, 6.45) is 7.79. The quantitative estimate of drug-likeness (QED) is 0.747. The van der Waals surface area contributed by atoms with E-state index in [-0.39, 0.29) is 0 Å². The van der Waals surface area contributed by atoms with Crippen LogP contribution in [0.3, 0.4) is 0 Å². The predicted octanol–water partition coefficient (Wildman–Crippen LogP) is 2.30. The first kappa shape index (κ1) is 11.6. The molecule has 2 rings (SSSR count). The zero-order valence-electron chi connectivity index (χ0n) is 10.4. The number of rotatable bonds is 6. The molecular weight excluding hydrogens is 198 g/mol. The van der Waals surface area contributed by atoms with Crippen LogP contribution in [0.1, 0.15) is 33.1 Å². The highest BCUT2D eigenvalue weighted by atomic mass is 15.3. The summed E-state index contributed by atoms with van der Waals surface area (Å²) in [5.74, 6) is 1.82. The first-order valence-electron chi connectivity index (χ1n) is 6.46. The highest BCUT2D eigenvalue weighted by molar-refractivity contribution is 4.86. The number of aryl methyl sites for hydroxylation is 1. The lowest BCUT2D eigenvalue weighted by atomic mass is 9.74. The van der Waals surface area contributed by atoms with E-state index in [1.807, 2.05) is 23.1 Å². The van der Waals surface area contributed by atoms with Gasteiger partial charge in [0.25, 0.3) is 0 Å². The lowest BCUT2D eigenvalue weighted by molar-refractivity contribution is 0.168. The van der Waals surface area contributed by atoms with E-state index in [9.17, 15) is 0 Å². The predicted molar refractivity (Wildman–Crippen MR) is 66.2 cm³/mol. The Labute approximate surface area is 98.2 Å². The minimum Gasteiger partial charge on any atom is -0.314 e. The van der Waals surface area contributed by atoms with E-state index >= 15 is 0 Å². The van der Waals surface area contributed by atoms with Gasteiger partial charge in [0.1, 0.15) is 0 Å². The van der Waals surface area contributed by atoms with Gasteiger partial charge in [-0.3, -0.25) is 4.68 Å². The number of nitrogens with one attached hydrogen (secondary N) is 1. The zero-order chi connectivity index (χ0) is 11.4. The average molecular weight is 221 g/mol. The monoisotopic (exact) mass is 221 g/mol. The van der Waals surface area contributed by atoms with Crippen LogP contribution in [0, 0.1) is 11.8 Å². The van der Waals surface area contributed by atoms with Gasteiger partial charge in [0.2, 0.25) is 0 Å². The van der Waals surface area contributed by atoms with Gasteiger partial charge in [-0.15, -0.1) is 0 Å². The Balaban J connectivity index is 1.50. The lowest BCUT2D eigenvalue weighted by Gasteiger charge is -2.38. The van der Waals surface area contributed by atoms with Crippen LogP contribution in [0.2, 0.25) is 0 Å². The molecular formula is C13H23N3. The van der Waals surface area contributed by atoms with Crippen LogP contribution in [-0.2, 0) is 6.54 Å². The van der Waals surface area contributed by atoms with E-state index < -0.39 is 0 Å². The van der Waals surface area contributed by atoms with Gasteiger partial charge in [0.15, 0.2) is 0 Å². The smallest absolute Gasteiger partial charge is 0.0489 e. The standard InChI is InChI=1S/C13H23N3/c1-11(2)12-9-13(10-12)14-5-3-7-16-8-4-6-15-16/h4,6,8,11-14H,3,5,7,9-10H2,1-2H3. The molecule has 1 fully saturated rings. The molecule has 0 radical (unpaired) electrons. The van der Waals surface area contributed by atoms with E-state index in [2.05, 4.69) is 24.3 Å². The Morgan fingerprint density at radius 2 is 2.25 bits per heavy atom. The van der Waals surface area contributed by atoms with Gasteiger partial charge in [-0.25, -0.2) is 0 Å². The second-order valence-corrected chi connectivity index (χ2v) is 5.25. The largest absolute Gasteiger partial charge is 0.314 e. The molecule has 0 amide bonds. The van der Waals surface area contributed by atoms with Gasteiger partial charge in [-0.05, 0) is 43.7 Å². The molecule has 0 unspecified atom stereocenters. The number of aromatic nitrogens is 2. The number of nitrogens with zero attached hydrogens (tertiary/aromatic N) is 2. The van der Waals surface area contributed by atoms with Crippen molar-refractivity contribution in [3.63, 3.8) is 0 Å². The minimum atomic E-state index is 0.782. The lowest BCUT2D eigenvalue weighted by Crippen LogP contribution is -2.43. The molecule has 0 bridgehead atoms. The van der Waals surface area contributed by atoms with Crippen molar-refractivity contribution in [2.24, 2.45) is 11.8 Å². The second kappa shape index (κ2) is 5.48. The van der Waals surface area contributed by atoms with Crippen molar-refractivity contribution >= 4 is 0 Å². The maximum absolute atomic E-state index is 4.19. The minimum absolute atomic E-state index is 0.782. The van der Waals surface area contributed by atoms with Gasteiger partial charge < -0.3 is 5.32 Å². The van der Waals surface area contributed by atoms with E-state index in [0.717, 1.165) is 31.0 Å². The molecule has 0 saturated heterocycles. The fraction of sp³-hybridized carbons (Fsp3) is 0.769. The summed E-state index contributed by atoms with van der Waals surface area (Å²) in [6, 6.07) is 2.76. The molecule has 90 valence electrons. The summed E-state index contributed by atoms with van der Waals surface area (Å²) in [6.45, 7) is 6.81. The van der Waals surface area contributed by atoms with Crippen LogP contribution in [0.4, 0.5) is 0 Å².